The molecule has 1 heterocycles. The number of carboxylic acid groups (broad SMARTS) is 1. The van der Waals surface area contributed by atoms with Crippen molar-refractivity contribution in [1.29, 1.82) is 0 Å². The first-order chi connectivity index (χ1) is 13.1. The van der Waals surface area contributed by atoms with Gasteiger partial charge in [0.05, 0.1) is 35.8 Å². The third kappa shape index (κ3) is 5.63. The summed E-state index contributed by atoms with van der Waals surface area (Å²) in [6.07, 6.45) is 1.52. The number of aliphatic hydroxyl groups is 1. The van der Waals surface area contributed by atoms with Crippen LogP contribution in [0, 0.1) is 11.8 Å². The van der Waals surface area contributed by atoms with E-state index in [2.05, 4.69) is 22.6 Å². The molecule has 0 amide bonds. The van der Waals surface area contributed by atoms with Gasteiger partial charge in [0, 0.05) is 18.4 Å². The number of halogens is 1. The van der Waals surface area contributed by atoms with Crippen LogP contribution >= 0.6 is 22.6 Å². The minimum absolute atomic E-state index is 0.0918. The first-order valence-electron chi connectivity index (χ1n) is 9.49. The average Bonchev–Trinajstić information content (AvgIpc) is 2.88. The summed E-state index contributed by atoms with van der Waals surface area (Å²) < 4.78 is 17.6. The molecule has 0 bridgehead atoms. The van der Waals surface area contributed by atoms with Crippen LogP contribution in [0.2, 0.25) is 0 Å². The fourth-order valence-corrected chi connectivity index (χ4v) is 5.15. The largest absolute Gasteiger partial charge is 0.481 e. The molecule has 1 aromatic carbocycles. The van der Waals surface area contributed by atoms with Crippen molar-refractivity contribution in [3.63, 3.8) is 0 Å². The number of hydrogen-bond acceptors (Lipinski definition) is 5. The normalized spacial score (nSPS) is 33.9. The van der Waals surface area contributed by atoms with Crippen LogP contribution in [0.3, 0.4) is 0 Å². The maximum absolute atomic E-state index is 11.3. The summed E-state index contributed by atoms with van der Waals surface area (Å²) in [5.74, 6) is -1.49. The predicted octanol–water partition coefficient (Wildman–Crippen LogP) is 3.00. The van der Waals surface area contributed by atoms with E-state index >= 15 is 0 Å². The van der Waals surface area contributed by atoms with Crippen molar-refractivity contribution in [2.24, 2.45) is 11.8 Å². The Hall–Kier alpha value is -0.740. The van der Waals surface area contributed by atoms with Gasteiger partial charge in [-0.3, -0.25) is 4.79 Å². The average molecular weight is 490 g/mol. The lowest BCUT2D eigenvalue weighted by Gasteiger charge is -2.31. The summed E-state index contributed by atoms with van der Waals surface area (Å²) in [4.78, 5) is 11.3. The smallest absolute Gasteiger partial charge is 0.303 e. The second-order valence-corrected chi connectivity index (χ2v) is 8.70. The van der Waals surface area contributed by atoms with E-state index in [9.17, 15) is 15.0 Å². The molecular formula is C20H27IO6. The van der Waals surface area contributed by atoms with E-state index in [0.29, 0.717) is 19.8 Å². The van der Waals surface area contributed by atoms with Gasteiger partial charge in [0.15, 0.2) is 6.29 Å². The molecule has 27 heavy (non-hydrogen) atoms. The van der Waals surface area contributed by atoms with E-state index in [0.717, 1.165) is 24.8 Å². The van der Waals surface area contributed by atoms with Crippen molar-refractivity contribution in [3.8, 4) is 0 Å². The Balaban J connectivity index is 1.66. The number of aliphatic carboxylic acids is 1. The Labute approximate surface area is 173 Å². The molecule has 2 N–H and O–H groups in total. The SMILES string of the molecule is O=C(O)C[C@@H]1[C@H](O)[C@@H](I)[C@H](OC2CCCCO2)[C@H]1COCc1ccccc1. The summed E-state index contributed by atoms with van der Waals surface area (Å²) >= 11 is 2.18. The van der Waals surface area contributed by atoms with Gasteiger partial charge < -0.3 is 24.4 Å². The third-order valence-corrected chi connectivity index (χ3v) is 6.78. The van der Waals surface area contributed by atoms with Gasteiger partial charge in [-0.05, 0) is 24.8 Å². The Kier molecular flexibility index (Phi) is 7.89. The zero-order chi connectivity index (χ0) is 19.2. The first-order valence-corrected chi connectivity index (χ1v) is 10.7. The Morgan fingerprint density at radius 1 is 1.22 bits per heavy atom. The van der Waals surface area contributed by atoms with Gasteiger partial charge in [-0.15, -0.1) is 0 Å². The molecule has 0 radical (unpaired) electrons. The number of alkyl halides is 1. The molecule has 1 unspecified atom stereocenters. The standard InChI is InChI=1S/C20H27IO6/c21-18-19(24)14(10-16(22)23)15(12-25-11-13-6-2-1-3-7-13)20(18)27-17-8-4-5-9-26-17/h1-3,6-7,14-15,17-20,24H,4-5,8-12H2,(H,22,23)/t14-,15-,17?,18+,19-,20+/m0/s1. The first kappa shape index (κ1) is 21.0. The van der Waals surface area contributed by atoms with Crippen molar-refractivity contribution < 1.29 is 29.2 Å². The summed E-state index contributed by atoms with van der Waals surface area (Å²) in [5, 5.41) is 19.9. The Morgan fingerprint density at radius 2 is 2.00 bits per heavy atom. The van der Waals surface area contributed by atoms with E-state index in [4.69, 9.17) is 14.2 Å². The molecule has 1 aliphatic heterocycles. The zero-order valence-electron chi connectivity index (χ0n) is 15.2. The molecular weight excluding hydrogens is 463 g/mol. The van der Waals surface area contributed by atoms with Crippen LogP contribution in [0.1, 0.15) is 31.2 Å². The van der Waals surface area contributed by atoms with Crippen LogP contribution in [-0.2, 0) is 25.6 Å². The summed E-state index contributed by atoms with van der Waals surface area (Å²) in [5.41, 5.74) is 1.06. The van der Waals surface area contributed by atoms with Crippen molar-refractivity contribution in [1.82, 2.24) is 0 Å². The molecule has 0 spiro atoms. The van der Waals surface area contributed by atoms with Gasteiger partial charge in [-0.2, -0.15) is 0 Å². The fraction of sp³-hybridized carbons (Fsp3) is 0.650. The van der Waals surface area contributed by atoms with E-state index < -0.39 is 18.0 Å². The molecule has 1 aromatic rings. The second-order valence-electron chi connectivity index (χ2n) is 7.26. The van der Waals surface area contributed by atoms with E-state index in [1.165, 1.54) is 0 Å². The topological polar surface area (TPSA) is 85.2 Å². The van der Waals surface area contributed by atoms with Gasteiger partial charge >= 0.3 is 5.97 Å². The molecule has 2 aliphatic rings. The van der Waals surface area contributed by atoms with Gasteiger partial charge in [0.25, 0.3) is 0 Å². The zero-order valence-corrected chi connectivity index (χ0v) is 17.4. The van der Waals surface area contributed by atoms with E-state index in [-0.39, 0.29) is 28.7 Å². The van der Waals surface area contributed by atoms with Crippen LogP contribution in [0.15, 0.2) is 30.3 Å². The molecule has 1 aliphatic carbocycles. The maximum atomic E-state index is 11.3. The Bertz CT molecular complexity index is 591. The number of rotatable bonds is 8. The third-order valence-electron chi connectivity index (χ3n) is 5.33. The Morgan fingerprint density at radius 3 is 2.67 bits per heavy atom. The van der Waals surface area contributed by atoms with Gasteiger partial charge in [0.2, 0.25) is 0 Å². The van der Waals surface area contributed by atoms with Gasteiger partial charge in [0.1, 0.15) is 0 Å². The van der Waals surface area contributed by atoms with E-state index in [1.807, 2.05) is 30.3 Å². The second kappa shape index (κ2) is 10.2. The lowest BCUT2D eigenvalue weighted by atomic mass is 9.91. The highest BCUT2D eigenvalue weighted by molar-refractivity contribution is 14.1. The van der Waals surface area contributed by atoms with E-state index in [1.54, 1.807) is 0 Å². The van der Waals surface area contributed by atoms with Crippen molar-refractivity contribution in [3.05, 3.63) is 35.9 Å². The minimum Gasteiger partial charge on any atom is -0.481 e. The molecule has 150 valence electrons. The van der Waals surface area contributed by atoms with Crippen LogP contribution in [0.25, 0.3) is 0 Å². The number of carboxylic acids is 1. The van der Waals surface area contributed by atoms with Gasteiger partial charge in [-0.1, -0.05) is 52.9 Å². The van der Waals surface area contributed by atoms with Crippen LogP contribution < -0.4 is 0 Å². The van der Waals surface area contributed by atoms with Crippen molar-refractivity contribution in [2.45, 2.75) is 54.7 Å². The summed E-state index contributed by atoms with van der Waals surface area (Å²) in [6, 6.07) is 9.84. The lowest BCUT2D eigenvalue weighted by Crippen LogP contribution is -2.37. The van der Waals surface area contributed by atoms with Crippen LogP contribution in [-0.4, -0.2) is 51.8 Å². The molecule has 0 aromatic heterocycles. The number of ether oxygens (including phenoxy) is 3. The molecule has 2 fully saturated rings. The maximum Gasteiger partial charge on any atom is 0.303 e. The van der Waals surface area contributed by atoms with Crippen LogP contribution in [0.5, 0.6) is 0 Å². The predicted molar refractivity (Wildman–Crippen MR) is 108 cm³/mol. The highest BCUT2D eigenvalue weighted by Gasteiger charge is 2.51. The fourth-order valence-electron chi connectivity index (χ4n) is 3.91. The number of carbonyl (C=O) groups is 1. The quantitative estimate of drug-likeness (QED) is 0.431. The monoisotopic (exact) mass is 490 g/mol. The molecule has 1 saturated carbocycles. The highest BCUT2D eigenvalue weighted by Crippen LogP contribution is 2.42. The molecule has 6 atom stereocenters. The van der Waals surface area contributed by atoms with Gasteiger partial charge in [-0.25, -0.2) is 0 Å². The molecule has 7 heteroatoms. The number of benzene rings is 1. The minimum atomic E-state index is -0.912. The highest BCUT2D eigenvalue weighted by atomic mass is 127. The summed E-state index contributed by atoms with van der Waals surface area (Å²) in [7, 11) is 0. The molecule has 3 rings (SSSR count). The number of hydrogen-bond donors (Lipinski definition) is 2. The van der Waals surface area contributed by atoms with Crippen LogP contribution in [0.4, 0.5) is 0 Å². The van der Waals surface area contributed by atoms with Crippen molar-refractivity contribution >= 4 is 28.6 Å². The summed E-state index contributed by atoms with van der Waals surface area (Å²) in [6.45, 7) is 1.48. The molecule has 1 saturated heterocycles. The lowest BCUT2D eigenvalue weighted by molar-refractivity contribution is -0.197. The molecule has 6 nitrogen and oxygen atoms in total. The van der Waals surface area contributed by atoms with Crippen molar-refractivity contribution in [2.75, 3.05) is 13.2 Å². The number of aliphatic hydroxyl groups excluding tert-OH is 1.